The van der Waals surface area contributed by atoms with Crippen molar-refractivity contribution in [3.8, 4) is 0 Å². The summed E-state index contributed by atoms with van der Waals surface area (Å²) in [5.41, 5.74) is 0.914. The van der Waals surface area contributed by atoms with Crippen molar-refractivity contribution in [1.82, 2.24) is 4.90 Å². The Labute approximate surface area is 105 Å². The smallest absolute Gasteiger partial charge is 0.269 e. The van der Waals surface area contributed by atoms with Gasteiger partial charge < -0.3 is 10.0 Å². The van der Waals surface area contributed by atoms with Crippen LogP contribution >= 0.6 is 0 Å². The second-order valence-corrected chi connectivity index (χ2v) is 4.29. The highest BCUT2D eigenvalue weighted by atomic mass is 16.6. The van der Waals surface area contributed by atoms with Crippen LogP contribution in [0.15, 0.2) is 18.2 Å². The number of carbonyl (C=O) groups is 1. The molecule has 1 rings (SSSR count). The third-order valence-electron chi connectivity index (χ3n) is 2.54. The number of amides is 1. The maximum absolute atomic E-state index is 12.0. The fraction of sp³-hybridized carbons (Fsp3) is 0.417. The minimum absolute atomic E-state index is 0.0396. The number of aliphatic hydroxyl groups excluding tert-OH is 1. The Hall–Kier alpha value is -1.95. The topological polar surface area (TPSA) is 83.7 Å². The molecule has 0 bridgehead atoms. The first-order valence-electron chi connectivity index (χ1n) is 5.51. The van der Waals surface area contributed by atoms with Gasteiger partial charge in [-0.3, -0.25) is 14.9 Å². The SMILES string of the molecule is Cc1cc([N+](=O)[O-])ccc1C(=O)N(C)CC(C)O. The Morgan fingerprint density at radius 2 is 2.17 bits per heavy atom. The molecule has 98 valence electrons. The van der Waals surface area contributed by atoms with Gasteiger partial charge in [0.05, 0.1) is 11.0 Å². The lowest BCUT2D eigenvalue weighted by Crippen LogP contribution is -2.33. The molecule has 1 unspecified atom stereocenters. The molecule has 1 atom stereocenters. The van der Waals surface area contributed by atoms with Crippen LogP contribution in [0.4, 0.5) is 5.69 Å². The summed E-state index contributed by atoms with van der Waals surface area (Å²) in [5, 5.41) is 19.8. The first-order chi connectivity index (χ1) is 8.32. The maximum Gasteiger partial charge on any atom is 0.269 e. The minimum Gasteiger partial charge on any atom is -0.392 e. The first kappa shape index (κ1) is 14.1. The fourth-order valence-corrected chi connectivity index (χ4v) is 1.69. The molecule has 0 saturated carbocycles. The Morgan fingerprint density at radius 3 is 2.61 bits per heavy atom. The number of aliphatic hydroxyl groups is 1. The summed E-state index contributed by atoms with van der Waals surface area (Å²) < 4.78 is 0. The summed E-state index contributed by atoms with van der Waals surface area (Å²) >= 11 is 0. The van der Waals surface area contributed by atoms with Gasteiger partial charge in [0, 0.05) is 31.3 Å². The zero-order valence-corrected chi connectivity index (χ0v) is 10.6. The van der Waals surface area contributed by atoms with E-state index in [1.54, 1.807) is 20.9 Å². The number of rotatable bonds is 4. The highest BCUT2D eigenvalue weighted by Gasteiger charge is 2.17. The molecule has 0 aliphatic heterocycles. The zero-order valence-electron chi connectivity index (χ0n) is 10.6. The Bertz CT molecular complexity index is 471. The number of nitro benzene ring substituents is 1. The van der Waals surface area contributed by atoms with Crippen LogP contribution in [0.3, 0.4) is 0 Å². The van der Waals surface area contributed by atoms with E-state index in [9.17, 15) is 20.0 Å². The summed E-state index contributed by atoms with van der Waals surface area (Å²) in [6.45, 7) is 3.46. The Balaban J connectivity index is 2.96. The van der Waals surface area contributed by atoms with Crippen LogP contribution in [-0.4, -0.2) is 40.5 Å². The van der Waals surface area contributed by atoms with E-state index in [0.717, 1.165) is 0 Å². The van der Waals surface area contributed by atoms with E-state index >= 15 is 0 Å². The predicted octanol–water partition coefficient (Wildman–Crippen LogP) is 1.36. The van der Waals surface area contributed by atoms with Crippen molar-refractivity contribution in [2.75, 3.05) is 13.6 Å². The van der Waals surface area contributed by atoms with E-state index in [1.807, 2.05) is 0 Å². The van der Waals surface area contributed by atoms with E-state index in [-0.39, 0.29) is 18.1 Å². The predicted molar refractivity (Wildman–Crippen MR) is 66.5 cm³/mol. The van der Waals surface area contributed by atoms with E-state index in [1.165, 1.54) is 23.1 Å². The number of benzene rings is 1. The molecule has 0 heterocycles. The lowest BCUT2D eigenvalue weighted by Gasteiger charge is -2.19. The number of non-ortho nitro benzene ring substituents is 1. The number of hydrogen-bond acceptors (Lipinski definition) is 4. The normalized spacial score (nSPS) is 12.0. The van der Waals surface area contributed by atoms with Gasteiger partial charge in [0.2, 0.25) is 0 Å². The average molecular weight is 252 g/mol. The molecule has 0 radical (unpaired) electrons. The van der Waals surface area contributed by atoms with Crippen molar-refractivity contribution in [3.05, 3.63) is 39.4 Å². The third-order valence-corrected chi connectivity index (χ3v) is 2.54. The Morgan fingerprint density at radius 1 is 1.56 bits per heavy atom. The van der Waals surface area contributed by atoms with Crippen LogP contribution in [0.2, 0.25) is 0 Å². The summed E-state index contributed by atoms with van der Waals surface area (Å²) in [6, 6.07) is 4.11. The zero-order chi connectivity index (χ0) is 13.9. The van der Waals surface area contributed by atoms with Gasteiger partial charge in [-0.2, -0.15) is 0 Å². The summed E-state index contributed by atoms with van der Waals surface area (Å²) in [5.74, 6) is -0.261. The van der Waals surface area contributed by atoms with Crippen molar-refractivity contribution in [3.63, 3.8) is 0 Å². The van der Waals surface area contributed by atoms with Gasteiger partial charge in [-0.1, -0.05) is 0 Å². The molecule has 1 N–H and O–H groups in total. The van der Waals surface area contributed by atoms with E-state index in [2.05, 4.69) is 0 Å². The van der Waals surface area contributed by atoms with Crippen molar-refractivity contribution in [1.29, 1.82) is 0 Å². The molecule has 0 spiro atoms. The van der Waals surface area contributed by atoms with Crippen LogP contribution in [-0.2, 0) is 0 Å². The monoisotopic (exact) mass is 252 g/mol. The van der Waals surface area contributed by atoms with Crippen molar-refractivity contribution < 1.29 is 14.8 Å². The average Bonchev–Trinajstić information content (AvgIpc) is 2.26. The lowest BCUT2D eigenvalue weighted by atomic mass is 10.1. The number of carbonyl (C=O) groups excluding carboxylic acids is 1. The number of aryl methyl sites for hydroxylation is 1. The molecule has 6 heteroatoms. The van der Waals surface area contributed by atoms with Crippen LogP contribution in [0.5, 0.6) is 0 Å². The summed E-state index contributed by atoms with van der Waals surface area (Å²) in [6.07, 6.45) is -0.614. The molecule has 1 amide bonds. The Kier molecular flexibility index (Phi) is 4.38. The van der Waals surface area contributed by atoms with E-state index in [0.29, 0.717) is 11.1 Å². The molecule has 0 fully saturated rings. The molecule has 1 aromatic carbocycles. The van der Waals surface area contributed by atoms with Crippen LogP contribution < -0.4 is 0 Å². The van der Waals surface area contributed by atoms with Crippen LogP contribution in [0, 0.1) is 17.0 Å². The van der Waals surface area contributed by atoms with Crippen LogP contribution in [0.25, 0.3) is 0 Å². The van der Waals surface area contributed by atoms with Gasteiger partial charge in [0.15, 0.2) is 0 Å². The molecule has 0 aliphatic rings. The third kappa shape index (κ3) is 3.27. The molecule has 0 saturated heterocycles. The highest BCUT2D eigenvalue weighted by molar-refractivity contribution is 5.95. The minimum atomic E-state index is -0.614. The molecule has 0 aromatic heterocycles. The highest BCUT2D eigenvalue weighted by Crippen LogP contribution is 2.18. The fourth-order valence-electron chi connectivity index (χ4n) is 1.69. The van der Waals surface area contributed by atoms with E-state index < -0.39 is 11.0 Å². The van der Waals surface area contributed by atoms with Gasteiger partial charge >= 0.3 is 0 Å². The molecule has 0 aliphatic carbocycles. The molecular formula is C12H16N2O4. The number of likely N-dealkylation sites (N-methyl/N-ethyl adjacent to an activating group) is 1. The van der Waals surface area contributed by atoms with Gasteiger partial charge in [0.25, 0.3) is 11.6 Å². The van der Waals surface area contributed by atoms with Crippen molar-refractivity contribution in [2.24, 2.45) is 0 Å². The summed E-state index contributed by atoms with van der Waals surface area (Å²) in [4.78, 5) is 23.5. The second-order valence-electron chi connectivity index (χ2n) is 4.29. The number of hydrogen-bond donors (Lipinski definition) is 1. The molecular weight excluding hydrogens is 236 g/mol. The number of nitrogens with zero attached hydrogens (tertiary/aromatic N) is 2. The molecule has 18 heavy (non-hydrogen) atoms. The van der Waals surface area contributed by atoms with Gasteiger partial charge in [0.1, 0.15) is 0 Å². The molecule has 6 nitrogen and oxygen atoms in total. The summed E-state index contributed by atoms with van der Waals surface area (Å²) in [7, 11) is 1.58. The van der Waals surface area contributed by atoms with Gasteiger partial charge in [-0.25, -0.2) is 0 Å². The first-order valence-corrected chi connectivity index (χ1v) is 5.51. The lowest BCUT2D eigenvalue weighted by molar-refractivity contribution is -0.384. The van der Waals surface area contributed by atoms with Crippen LogP contribution in [0.1, 0.15) is 22.8 Å². The standard InChI is InChI=1S/C12H16N2O4/c1-8-6-10(14(17)18)4-5-11(8)12(16)13(3)7-9(2)15/h4-6,9,15H,7H2,1-3H3. The quantitative estimate of drug-likeness (QED) is 0.647. The van der Waals surface area contributed by atoms with Gasteiger partial charge in [-0.05, 0) is 25.5 Å². The molecule has 1 aromatic rings. The number of nitro groups is 1. The van der Waals surface area contributed by atoms with E-state index in [4.69, 9.17) is 0 Å². The maximum atomic E-state index is 12.0. The second kappa shape index (κ2) is 5.59. The van der Waals surface area contributed by atoms with Crippen molar-refractivity contribution >= 4 is 11.6 Å². The van der Waals surface area contributed by atoms with Crippen molar-refractivity contribution in [2.45, 2.75) is 20.0 Å². The van der Waals surface area contributed by atoms with Gasteiger partial charge in [-0.15, -0.1) is 0 Å². The largest absolute Gasteiger partial charge is 0.392 e.